The van der Waals surface area contributed by atoms with E-state index in [0.29, 0.717) is 18.0 Å². The van der Waals surface area contributed by atoms with Crippen LogP contribution in [0.2, 0.25) is 0 Å². The van der Waals surface area contributed by atoms with Crippen molar-refractivity contribution >= 4 is 41.2 Å². The fourth-order valence-electron chi connectivity index (χ4n) is 2.52. The number of hydrogen-bond acceptors (Lipinski definition) is 5. The highest BCUT2D eigenvalue weighted by Gasteiger charge is 2.29. The number of imide groups is 1. The maximum Gasteiger partial charge on any atom is 0.289 e. The van der Waals surface area contributed by atoms with Crippen molar-refractivity contribution in [3.8, 4) is 0 Å². The van der Waals surface area contributed by atoms with Gasteiger partial charge in [0.25, 0.3) is 11.1 Å². The highest BCUT2D eigenvalue weighted by Crippen LogP contribution is 2.21. The maximum absolute atomic E-state index is 12.6. The number of rotatable bonds is 7. The highest BCUT2D eigenvalue weighted by atomic mass is 35.5. The smallest absolute Gasteiger partial charge is 0.289 e. The first-order chi connectivity index (χ1) is 11.8. The van der Waals surface area contributed by atoms with Crippen molar-refractivity contribution in [2.75, 3.05) is 19.3 Å². The molecule has 0 saturated carbocycles. The lowest BCUT2D eigenvalue weighted by Gasteiger charge is -2.22. The zero-order valence-corrected chi connectivity index (χ0v) is 16.9. The summed E-state index contributed by atoms with van der Waals surface area (Å²) in [4.78, 5) is 38.9. The molecule has 1 unspecified atom stereocenters. The molecule has 1 atom stereocenters. The summed E-state index contributed by atoms with van der Waals surface area (Å²) in [6.07, 6.45) is 0.744. The first-order valence-electron chi connectivity index (χ1n) is 8.36. The molecule has 2 N–H and O–H groups in total. The van der Waals surface area contributed by atoms with Gasteiger partial charge in [0.2, 0.25) is 5.91 Å². The topological polar surface area (TPSA) is 83.7 Å². The van der Waals surface area contributed by atoms with Crippen molar-refractivity contribution < 1.29 is 14.4 Å². The van der Waals surface area contributed by atoms with E-state index in [1.165, 1.54) is 4.90 Å². The van der Waals surface area contributed by atoms with Gasteiger partial charge in [-0.1, -0.05) is 37.7 Å². The second-order valence-electron chi connectivity index (χ2n) is 6.66. The summed E-state index contributed by atoms with van der Waals surface area (Å²) >= 11 is 1.01. The van der Waals surface area contributed by atoms with Gasteiger partial charge in [-0.15, -0.1) is 12.4 Å². The molecule has 0 aliphatic carbocycles. The van der Waals surface area contributed by atoms with Crippen molar-refractivity contribution in [1.82, 2.24) is 9.80 Å². The first kappa shape index (κ1) is 22.5. The fraction of sp³-hybridized carbons (Fsp3) is 0.500. The highest BCUT2D eigenvalue weighted by molar-refractivity contribution is 8.14. The molecule has 144 valence electrons. The van der Waals surface area contributed by atoms with Gasteiger partial charge in [-0.05, 0) is 30.0 Å². The lowest BCUT2D eigenvalue weighted by Crippen LogP contribution is -2.34. The minimum absolute atomic E-state index is 0. The third-order valence-electron chi connectivity index (χ3n) is 4.36. The zero-order valence-electron chi connectivity index (χ0n) is 15.3. The van der Waals surface area contributed by atoms with Crippen LogP contribution in [0.3, 0.4) is 0 Å². The third-order valence-corrected chi connectivity index (χ3v) is 5.21. The van der Waals surface area contributed by atoms with E-state index in [0.717, 1.165) is 23.7 Å². The van der Waals surface area contributed by atoms with Crippen LogP contribution in [0.5, 0.6) is 0 Å². The molecule has 1 aliphatic rings. The standard InChI is InChI=1S/C18H25N3O3S.ClH/c1-12(2)15(19)7-8-20(3)17(23)14-6-4-5-13(9-14)10-21-16(22)11-25-18(21)24;/h4-6,9,12,15H,7-8,10-11,19H2,1-3H3;1H. The molecule has 2 rings (SSSR count). The fourth-order valence-corrected chi connectivity index (χ4v) is 3.24. The van der Waals surface area contributed by atoms with Crippen molar-refractivity contribution in [3.63, 3.8) is 0 Å². The number of nitrogens with zero attached hydrogens (tertiary/aromatic N) is 2. The van der Waals surface area contributed by atoms with E-state index in [1.54, 1.807) is 30.1 Å². The molecule has 8 heteroatoms. The summed E-state index contributed by atoms with van der Waals surface area (Å²) in [5.41, 5.74) is 7.35. The van der Waals surface area contributed by atoms with Crippen LogP contribution in [0, 0.1) is 5.92 Å². The summed E-state index contributed by atoms with van der Waals surface area (Å²) in [5.74, 6) is 0.286. The monoisotopic (exact) mass is 399 g/mol. The van der Waals surface area contributed by atoms with Crippen molar-refractivity contribution in [1.29, 1.82) is 0 Å². The molecule has 1 fully saturated rings. The van der Waals surface area contributed by atoms with Crippen LogP contribution < -0.4 is 5.73 Å². The summed E-state index contributed by atoms with van der Waals surface area (Å²) in [6.45, 7) is 4.92. The Balaban J connectivity index is 0.00000338. The predicted octanol–water partition coefficient (Wildman–Crippen LogP) is 2.75. The minimum atomic E-state index is -0.235. The van der Waals surface area contributed by atoms with Crippen LogP contribution in [-0.4, -0.2) is 52.2 Å². The number of halogens is 1. The molecule has 0 bridgehead atoms. The van der Waals surface area contributed by atoms with Gasteiger partial charge in [-0.25, -0.2) is 0 Å². The molecular weight excluding hydrogens is 374 g/mol. The Morgan fingerprint density at radius 3 is 2.62 bits per heavy atom. The van der Waals surface area contributed by atoms with Gasteiger partial charge in [0.1, 0.15) is 0 Å². The number of benzene rings is 1. The van der Waals surface area contributed by atoms with Crippen LogP contribution >= 0.6 is 24.2 Å². The summed E-state index contributed by atoms with van der Waals surface area (Å²) < 4.78 is 0. The predicted molar refractivity (Wildman–Crippen MR) is 106 cm³/mol. The van der Waals surface area contributed by atoms with E-state index in [9.17, 15) is 14.4 Å². The van der Waals surface area contributed by atoms with Gasteiger partial charge in [0, 0.05) is 25.2 Å². The largest absolute Gasteiger partial charge is 0.342 e. The Labute approximate surface area is 164 Å². The summed E-state index contributed by atoms with van der Waals surface area (Å²) in [5, 5.41) is -0.235. The van der Waals surface area contributed by atoms with Crippen LogP contribution in [-0.2, 0) is 11.3 Å². The molecular formula is C18H26ClN3O3S. The van der Waals surface area contributed by atoms with Gasteiger partial charge in [-0.3, -0.25) is 19.3 Å². The molecule has 0 radical (unpaired) electrons. The molecule has 1 aromatic rings. The minimum Gasteiger partial charge on any atom is -0.342 e. The average Bonchev–Trinajstić information content (AvgIpc) is 2.90. The van der Waals surface area contributed by atoms with E-state index >= 15 is 0 Å². The second-order valence-corrected chi connectivity index (χ2v) is 7.58. The SMILES string of the molecule is CC(C)C(N)CCN(C)C(=O)c1cccc(CN2C(=O)CSC2=O)c1.Cl. The molecule has 6 nitrogen and oxygen atoms in total. The first-order valence-corrected chi connectivity index (χ1v) is 9.35. The van der Waals surface area contributed by atoms with Crippen LogP contribution in [0.4, 0.5) is 4.79 Å². The number of hydrogen-bond donors (Lipinski definition) is 1. The van der Waals surface area contributed by atoms with Gasteiger partial charge >= 0.3 is 0 Å². The summed E-state index contributed by atoms with van der Waals surface area (Å²) in [6, 6.07) is 7.13. The van der Waals surface area contributed by atoms with Gasteiger partial charge in [-0.2, -0.15) is 0 Å². The Morgan fingerprint density at radius 1 is 1.35 bits per heavy atom. The van der Waals surface area contributed by atoms with Crippen molar-refractivity contribution in [2.24, 2.45) is 11.7 Å². The number of thioether (sulfide) groups is 1. The van der Waals surface area contributed by atoms with Crippen LogP contribution in [0.15, 0.2) is 24.3 Å². The number of carbonyl (C=O) groups excluding carboxylic acids is 3. The molecule has 1 heterocycles. The number of nitrogens with two attached hydrogens (primary N) is 1. The summed E-state index contributed by atoms with van der Waals surface area (Å²) in [7, 11) is 1.76. The lowest BCUT2D eigenvalue weighted by molar-refractivity contribution is -0.125. The molecule has 3 amide bonds. The number of carbonyl (C=O) groups is 3. The van der Waals surface area contributed by atoms with Gasteiger partial charge in [0.15, 0.2) is 0 Å². The second kappa shape index (κ2) is 9.94. The van der Waals surface area contributed by atoms with Crippen molar-refractivity contribution in [2.45, 2.75) is 32.9 Å². The van der Waals surface area contributed by atoms with E-state index in [-0.39, 0.29) is 47.8 Å². The Kier molecular flexibility index (Phi) is 8.59. The lowest BCUT2D eigenvalue weighted by atomic mass is 10.0. The molecule has 1 aromatic carbocycles. The Bertz CT molecular complexity index is 653. The molecule has 1 aliphatic heterocycles. The average molecular weight is 400 g/mol. The van der Waals surface area contributed by atoms with Gasteiger partial charge in [0.05, 0.1) is 12.3 Å². The zero-order chi connectivity index (χ0) is 18.6. The van der Waals surface area contributed by atoms with E-state index in [2.05, 4.69) is 13.8 Å². The van der Waals surface area contributed by atoms with E-state index in [1.807, 2.05) is 6.07 Å². The Hall–Kier alpha value is -1.57. The quantitative estimate of drug-likeness (QED) is 0.762. The Morgan fingerprint density at radius 2 is 2.04 bits per heavy atom. The maximum atomic E-state index is 12.6. The molecule has 26 heavy (non-hydrogen) atoms. The van der Waals surface area contributed by atoms with E-state index < -0.39 is 0 Å². The van der Waals surface area contributed by atoms with Crippen LogP contribution in [0.25, 0.3) is 0 Å². The molecule has 0 spiro atoms. The van der Waals surface area contributed by atoms with E-state index in [4.69, 9.17) is 5.73 Å². The van der Waals surface area contributed by atoms with Crippen LogP contribution in [0.1, 0.15) is 36.2 Å². The number of amides is 3. The van der Waals surface area contributed by atoms with Crippen molar-refractivity contribution in [3.05, 3.63) is 35.4 Å². The van der Waals surface area contributed by atoms with Gasteiger partial charge < -0.3 is 10.6 Å². The molecule has 0 aromatic heterocycles. The third kappa shape index (κ3) is 5.72. The normalized spacial score (nSPS) is 15.2. The molecule has 1 saturated heterocycles.